The second-order valence-electron chi connectivity index (χ2n) is 6.34. The van der Waals surface area contributed by atoms with Crippen LogP contribution in [0.4, 0.5) is 0 Å². The largest absolute Gasteiger partial charge is 0.468 e. The molecule has 0 radical (unpaired) electrons. The minimum absolute atomic E-state index is 0.124. The monoisotopic (exact) mass is 320 g/mol. The Labute approximate surface area is 135 Å². The molecule has 0 aliphatic carbocycles. The number of ether oxygens (including phenoxy) is 1. The second kappa shape index (κ2) is 5.94. The molecule has 118 valence electrons. The van der Waals surface area contributed by atoms with Crippen LogP contribution >= 0.6 is 11.6 Å². The molecule has 5 heteroatoms. The van der Waals surface area contributed by atoms with Crippen LogP contribution in [0.5, 0.6) is 0 Å². The Balaban J connectivity index is 2.08. The van der Waals surface area contributed by atoms with Gasteiger partial charge in [-0.3, -0.25) is 10.1 Å². The number of halogens is 1. The van der Waals surface area contributed by atoms with Gasteiger partial charge in [-0.05, 0) is 30.0 Å². The van der Waals surface area contributed by atoms with Gasteiger partial charge in [-0.15, -0.1) is 0 Å². The van der Waals surface area contributed by atoms with Crippen LogP contribution in [0.3, 0.4) is 0 Å². The zero-order valence-corrected chi connectivity index (χ0v) is 13.8. The number of nitrogens with one attached hydrogen (secondary N) is 2. The summed E-state index contributed by atoms with van der Waals surface area (Å²) in [5.74, 6) is 0.319. The number of hydrogen-bond donors (Lipinski definition) is 2. The molecule has 1 aromatic carbocycles. The molecule has 0 fully saturated rings. The summed E-state index contributed by atoms with van der Waals surface area (Å²) in [6.07, 6.45) is 1.60. The minimum atomic E-state index is -0.295. The maximum atomic E-state index is 12.0. The lowest BCUT2D eigenvalue weighted by molar-refractivity contribution is -0.143. The first-order valence-electron chi connectivity index (χ1n) is 7.63. The molecule has 1 aliphatic rings. The number of hydrogen-bond acceptors (Lipinski definition) is 3. The Hall–Kier alpha value is -1.52. The molecule has 2 heterocycles. The molecule has 0 saturated carbocycles. The van der Waals surface area contributed by atoms with E-state index < -0.39 is 0 Å². The fourth-order valence-electron chi connectivity index (χ4n) is 3.31. The van der Waals surface area contributed by atoms with E-state index in [-0.39, 0.29) is 18.1 Å². The highest BCUT2D eigenvalue weighted by Crippen LogP contribution is 2.35. The first kappa shape index (κ1) is 15.4. The summed E-state index contributed by atoms with van der Waals surface area (Å²) in [6.45, 7) is 4.37. The molecule has 0 unspecified atom stereocenters. The summed E-state index contributed by atoms with van der Waals surface area (Å²) >= 11 is 6.09. The highest BCUT2D eigenvalue weighted by Gasteiger charge is 2.33. The molecule has 1 aromatic heterocycles. The molecule has 1 aliphatic heterocycles. The average Bonchev–Trinajstić information content (AvgIpc) is 2.83. The van der Waals surface area contributed by atoms with Crippen molar-refractivity contribution in [2.75, 3.05) is 7.11 Å². The summed E-state index contributed by atoms with van der Waals surface area (Å²) in [6, 6.07) is 5.69. The van der Waals surface area contributed by atoms with Crippen LogP contribution < -0.4 is 5.32 Å². The van der Waals surface area contributed by atoms with Crippen LogP contribution in [0.25, 0.3) is 10.9 Å². The predicted octanol–water partition coefficient (Wildman–Crippen LogP) is 3.60. The lowest BCUT2D eigenvalue weighted by Gasteiger charge is -2.31. The van der Waals surface area contributed by atoms with Crippen LogP contribution in [0.1, 0.15) is 37.6 Å². The molecular weight excluding hydrogens is 300 g/mol. The van der Waals surface area contributed by atoms with Crippen molar-refractivity contribution in [2.24, 2.45) is 5.92 Å². The van der Waals surface area contributed by atoms with Crippen molar-refractivity contribution in [3.8, 4) is 0 Å². The number of methoxy groups -OCH3 is 1. The number of carbonyl (C=O) groups is 1. The third-order valence-electron chi connectivity index (χ3n) is 4.25. The Kier molecular flexibility index (Phi) is 4.15. The van der Waals surface area contributed by atoms with Crippen LogP contribution in [-0.2, 0) is 16.0 Å². The second-order valence-corrected chi connectivity index (χ2v) is 6.77. The SMILES string of the molecule is COC(=O)[C@@H]1Cc2c([nH]c3cc(Cl)ccc23)[C@H](CC(C)C)N1. The van der Waals surface area contributed by atoms with E-state index in [0.29, 0.717) is 17.4 Å². The molecule has 0 saturated heterocycles. The Morgan fingerprint density at radius 1 is 1.45 bits per heavy atom. The number of esters is 1. The zero-order chi connectivity index (χ0) is 15.9. The predicted molar refractivity (Wildman–Crippen MR) is 88.1 cm³/mol. The summed E-state index contributed by atoms with van der Waals surface area (Å²) in [7, 11) is 1.44. The van der Waals surface area contributed by atoms with Crippen LogP contribution in [-0.4, -0.2) is 24.1 Å². The van der Waals surface area contributed by atoms with Crippen molar-refractivity contribution in [3.05, 3.63) is 34.5 Å². The number of rotatable bonds is 3. The van der Waals surface area contributed by atoms with E-state index in [0.717, 1.165) is 17.3 Å². The molecule has 2 N–H and O–H groups in total. The van der Waals surface area contributed by atoms with Gasteiger partial charge in [-0.1, -0.05) is 31.5 Å². The van der Waals surface area contributed by atoms with Gasteiger partial charge in [0.1, 0.15) is 6.04 Å². The van der Waals surface area contributed by atoms with E-state index in [4.69, 9.17) is 16.3 Å². The Morgan fingerprint density at radius 2 is 2.23 bits per heavy atom. The van der Waals surface area contributed by atoms with E-state index in [1.54, 1.807) is 0 Å². The quantitative estimate of drug-likeness (QED) is 0.850. The zero-order valence-electron chi connectivity index (χ0n) is 13.1. The van der Waals surface area contributed by atoms with Gasteiger partial charge < -0.3 is 9.72 Å². The lowest BCUT2D eigenvalue weighted by atomic mass is 9.90. The summed E-state index contributed by atoms with van der Waals surface area (Å²) < 4.78 is 4.93. The fraction of sp³-hybridized carbons (Fsp3) is 0.471. The number of carbonyl (C=O) groups excluding carboxylic acids is 1. The number of aromatic nitrogens is 1. The molecule has 22 heavy (non-hydrogen) atoms. The van der Waals surface area contributed by atoms with Crippen molar-refractivity contribution in [1.29, 1.82) is 0 Å². The van der Waals surface area contributed by atoms with Crippen molar-refractivity contribution < 1.29 is 9.53 Å². The van der Waals surface area contributed by atoms with E-state index in [9.17, 15) is 4.79 Å². The van der Waals surface area contributed by atoms with E-state index in [2.05, 4.69) is 24.1 Å². The number of aromatic amines is 1. The van der Waals surface area contributed by atoms with Crippen LogP contribution in [0.15, 0.2) is 18.2 Å². The van der Waals surface area contributed by atoms with Crippen molar-refractivity contribution in [3.63, 3.8) is 0 Å². The topological polar surface area (TPSA) is 54.1 Å². The standard InChI is InChI=1S/C17H21ClN2O2/c1-9(2)6-14-16-12(8-15(19-14)17(21)22-3)11-5-4-10(18)7-13(11)20-16/h4-5,7,9,14-15,19-20H,6,8H2,1-3H3/t14-,15-/m0/s1. The molecule has 2 aromatic rings. The van der Waals surface area contributed by atoms with Gasteiger partial charge in [0, 0.05) is 34.1 Å². The maximum absolute atomic E-state index is 12.0. The average molecular weight is 321 g/mol. The van der Waals surface area contributed by atoms with Gasteiger partial charge in [0.05, 0.1) is 7.11 Å². The molecule has 0 spiro atoms. The van der Waals surface area contributed by atoms with E-state index in [1.807, 2.05) is 18.2 Å². The van der Waals surface area contributed by atoms with Crippen molar-refractivity contribution in [2.45, 2.75) is 38.8 Å². The normalized spacial score (nSPS) is 21.1. The van der Waals surface area contributed by atoms with Gasteiger partial charge >= 0.3 is 5.97 Å². The number of H-pyrrole nitrogens is 1. The van der Waals surface area contributed by atoms with Crippen LogP contribution in [0, 0.1) is 5.92 Å². The third-order valence-corrected chi connectivity index (χ3v) is 4.49. The van der Waals surface area contributed by atoms with Gasteiger partial charge in [-0.25, -0.2) is 0 Å². The molecule has 4 nitrogen and oxygen atoms in total. The molecule has 2 atom stereocenters. The van der Waals surface area contributed by atoms with Gasteiger partial charge in [-0.2, -0.15) is 0 Å². The highest BCUT2D eigenvalue weighted by molar-refractivity contribution is 6.31. The van der Waals surface area contributed by atoms with Crippen molar-refractivity contribution >= 4 is 28.5 Å². The smallest absolute Gasteiger partial charge is 0.323 e. The summed E-state index contributed by atoms with van der Waals surface area (Å²) in [5, 5.41) is 5.28. The summed E-state index contributed by atoms with van der Waals surface area (Å²) in [4.78, 5) is 15.5. The molecule has 0 amide bonds. The third kappa shape index (κ3) is 2.73. The highest BCUT2D eigenvalue weighted by atomic mass is 35.5. The first-order chi connectivity index (χ1) is 10.5. The maximum Gasteiger partial charge on any atom is 0.323 e. The van der Waals surface area contributed by atoms with Crippen LogP contribution in [0.2, 0.25) is 5.02 Å². The summed E-state index contributed by atoms with van der Waals surface area (Å²) in [5.41, 5.74) is 3.40. The van der Waals surface area contributed by atoms with Crippen molar-refractivity contribution in [1.82, 2.24) is 10.3 Å². The Bertz CT molecular complexity index is 708. The molecule has 3 rings (SSSR count). The minimum Gasteiger partial charge on any atom is -0.468 e. The first-order valence-corrected chi connectivity index (χ1v) is 8.01. The lowest BCUT2D eigenvalue weighted by Crippen LogP contribution is -2.45. The number of benzene rings is 1. The number of fused-ring (bicyclic) bond motifs is 3. The van der Waals surface area contributed by atoms with Gasteiger partial charge in [0.25, 0.3) is 0 Å². The van der Waals surface area contributed by atoms with Gasteiger partial charge in [0.2, 0.25) is 0 Å². The van der Waals surface area contributed by atoms with E-state index in [1.165, 1.54) is 18.4 Å². The molecule has 0 bridgehead atoms. The van der Waals surface area contributed by atoms with Gasteiger partial charge in [0.15, 0.2) is 0 Å². The Morgan fingerprint density at radius 3 is 2.91 bits per heavy atom. The van der Waals surface area contributed by atoms with E-state index >= 15 is 0 Å². The molecular formula is C17H21ClN2O2. The fourth-order valence-corrected chi connectivity index (χ4v) is 3.48.